The second-order valence-electron chi connectivity index (χ2n) is 11.3. The molecule has 0 spiro atoms. The summed E-state index contributed by atoms with van der Waals surface area (Å²) in [5.41, 5.74) is 12.6. The van der Waals surface area contributed by atoms with Crippen LogP contribution in [-0.2, 0) is 6.54 Å². The number of nitrogens with two attached hydrogens (primary N) is 1. The summed E-state index contributed by atoms with van der Waals surface area (Å²) in [7, 11) is 0. The molecule has 2 N–H and O–H groups in total. The van der Waals surface area contributed by atoms with Gasteiger partial charge in [-0.15, -0.1) is 0 Å². The molecule has 0 aliphatic heterocycles. The number of benzene rings is 4. The lowest BCUT2D eigenvalue weighted by Gasteiger charge is -2.26. The van der Waals surface area contributed by atoms with E-state index in [4.69, 9.17) is 5.73 Å². The van der Waals surface area contributed by atoms with Gasteiger partial charge < -0.3 is 10.3 Å². The van der Waals surface area contributed by atoms with E-state index in [0.717, 1.165) is 48.7 Å². The van der Waals surface area contributed by atoms with Crippen molar-refractivity contribution >= 4 is 11.7 Å². The summed E-state index contributed by atoms with van der Waals surface area (Å²) < 4.78 is 2.02. The standard InChI is InChI=1S/C39H39N3O2/c1-29(32-17-8-4-9-18-32)27-41(28-31-15-6-3-7-16-31)24-13-12-23-37(43)36-25-30(2)42(38(36)33-19-10-5-11-20-33)35-22-14-21-34(26-35)39(40)44/h3-12,14-23,25-26,29H,13,24,27-28H2,1-2H3,(H2,40,44)/b23-12-. The van der Waals surface area contributed by atoms with Crippen molar-refractivity contribution in [1.29, 1.82) is 0 Å². The molecule has 1 heterocycles. The molecule has 1 unspecified atom stereocenters. The van der Waals surface area contributed by atoms with Gasteiger partial charge in [0, 0.05) is 42.1 Å². The van der Waals surface area contributed by atoms with Crippen molar-refractivity contribution in [3.63, 3.8) is 0 Å². The highest BCUT2D eigenvalue weighted by atomic mass is 16.1. The first-order chi connectivity index (χ1) is 21.4. The number of hydrogen-bond acceptors (Lipinski definition) is 3. The number of amides is 1. The predicted molar refractivity (Wildman–Crippen MR) is 179 cm³/mol. The maximum absolute atomic E-state index is 13.7. The first-order valence-electron chi connectivity index (χ1n) is 15.1. The zero-order valence-corrected chi connectivity index (χ0v) is 25.4. The van der Waals surface area contributed by atoms with Gasteiger partial charge in [-0.2, -0.15) is 0 Å². The van der Waals surface area contributed by atoms with Crippen molar-refractivity contribution in [3.05, 3.63) is 161 Å². The van der Waals surface area contributed by atoms with Crippen LogP contribution in [-0.4, -0.2) is 34.2 Å². The number of ketones is 1. The Morgan fingerprint density at radius 3 is 2.18 bits per heavy atom. The predicted octanol–water partition coefficient (Wildman–Crippen LogP) is 7.99. The van der Waals surface area contributed by atoms with Gasteiger partial charge in [0.2, 0.25) is 5.91 Å². The fourth-order valence-electron chi connectivity index (χ4n) is 5.73. The van der Waals surface area contributed by atoms with Crippen molar-refractivity contribution in [1.82, 2.24) is 9.47 Å². The minimum absolute atomic E-state index is 0.0518. The number of carbonyl (C=O) groups is 2. The summed E-state index contributed by atoms with van der Waals surface area (Å²) in [6.07, 6.45) is 4.44. The smallest absolute Gasteiger partial charge is 0.248 e. The molecule has 0 fully saturated rings. The van der Waals surface area contributed by atoms with Crippen LogP contribution in [0, 0.1) is 6.92 Å². The fraction of sp³-hybridized carbons (Fsp3) is 0.179. The SMILES string of the molecule is Cc1cc(C(=O)/C=C\CCN(Cc2ccccc2)CC(C)c2ccccc2)c(-c2ccccc2)n1-c1cccc(C(N)=O)c1. The number of rotatable bonds is 13. The molecule has 222 valence electrons. The molecule has 0 aliphatic rings. The number of aromatic nitrogens is 1. The summed E-state index contributed by atoms with van der Waals surface area (Å²) in [6.45, 7) is 6.85. The normalized spacial score (nSPS) is 12.1. The Labute approximate surface area is 260 Å². The van der Waals surface area contributed by atoms with Crippen LogP contribution in [0.3, 0.4) is 0 Å². The van der Waals surface area contributed by atoms with Crippen molar-refractivity contribution in [2.24, 2.45) is 5.73 Å². The van der Waals surface area contributed by atoms with Gasteiger partial charge in [-0.25, -0.2) is 0 Å². The van der Waals surface area contributed by atoms with Crippen LogP contribution in [0.2, 0.25) is 0 Å². The summed E-state index contributed by atoms with van der Waals surface area (Å²) in [6, 6.07) is 40.1. The Morgan fingerprint density at radius 2 is 1.50 bits per heavy atom. The van der Waals surface area contributed by atoms with E-state index in [2.05, 4.69) is 66.4 Å². The highest BCUT2D eigenvalue weighted by Gasteiger charge is 2.20. The van der Waals surface area contributed by atoms with Gasteiger partial charge in [-0.3, -0.25) is 14.5 Å². The number of hydrogen-bond donors (Lipinski definition) is 1. The summed E-state index contributed by atoms with van der Waals surface area (Å²) in [5.74, 6) is -0.157. The zero-order chi connectivity index (χ0) is 30.9. The minimum Gasteiger partial charge on any atom is -0.366 e. The van der Waals surface area contributed by atoms with Gasteiger partial charge in [0.15, 0.2) is 5.78 Å². The van der Waals surface area contributed by atoms with Crippen molar-refractivity contribution in [2.45, 2.75) is 32.7 Å². The maximum atomic E-state index is 13.7. The number of aryl methyl sites for hydroxylation is 1. The number of primary amides is 1. The molecular formula is C39H39N3O2. The lowest BCUT2D eigenvalue weighted by Crippen LogP contribution is -2.28. The molecule has 1 aromatic heterocycles. The molecule has 1 amide bonds. The Hall–Kier alpha value is -5.00. The van der Waals surface area contributed by atoms with E-state index in [0.29, 0.717) is 17.0 Å². The molecule has 0 radical (unpaired) electrons. The average molecular weight is 582 g/mol. The molecule has 44 heavy (non-hydrogen) atoms. The van der Waals surface area contributed by atoms with Crippen LogP contribution in [0.15, 0.2) is 133 Å². The van der Waals surface area contributed by atoms with Gasteiger partial charge in [0.05, 0.1) is 5.69 Å². The highest BCUT2D eigenvalue weighted by Crippen LogP contribution is 2.32. The molecule has 0 bridgehead atoms. The zero-order valence-electron chi connectivity index (χ0n) is 25.4. The number of carbonyl (C=O) groups excluding carboxylic acids is 2. The Bertz CT molecular complexity index is 1720. The van der Waals surface area contributed by atoms with Gasteiger partial charge in [-0.05, 0) is 66.3 Å². The Balaban J connectivity index is 1.37. The molecular weight excluding hydrogens is 542 g/mol. The average Bonchev–Trinajstić information content (AvgIpc) is 3.41. The van der Waals surface area contributed by atoms with E-state index in [-0.39, 0.29) is 5.78 Å². The molecule has 0 saturated heterocycles. The van der Waals surface area contributed by atoms with Crippen molar-refractivity contribution < 1.29 is 9.59 Å². The highest BCUT2D eigenvalue weighted by molar-refractivity contribution is 6.09. The monoisotopic (exact) mass is 581 g/mol. The maximum Gasteiger partial charge on any atom is 0.248 e. The molecule has 5 nitrogen and oxygen atoms in total. The van der Waals surface area contributed by atoms with Gasteiger partial charge >= 0.3 is 0 Å². The molecule has 1 atom stereocenters. The van der Waals surface area contributed by atoms with Crippen molar-refractivity contribution in [2.75, 3.05) is 13.1 Å². The Kier molecular flexibility index (Phi) is 10.0. The second kappa shape index (κ2) is 14.5. The third kappa shape index (κ3) is 7.49. The summed E-state index contributed by atoms with van der Waals surface area (Å²) in [4.78, 5) is 28.1. The van der Waals surface area contributed by atoms with Crippen LogP contribution in [0.4, 0.5) is 0 Å². The first kappa shape index (κ1) is 30.5. The molecule has 4 aromatic carbocycles. The first-order valence-corrected chi connectivity index (χ1v) is 15.1. The van der Waals surface area contributed by atoms with Crippen molar-refractivity contribution in [3.8, 4) is 16.9 Å². The van der Waals surface area contributed by atoms with Gasteiger partial charge in [0.1, 0.15) is 0 Å². The molecule has 0 saturated carbocycles. The molecule has 5 aromatic rings. The van der Waals surface area contributed by atoms with E-state index >= 15 is 0 Å². The topological polar surface area (TPSA) is 68.3 Å². The largest absolute Gasteiger partial charge is 0.366 e. The number of nitrogens with zero attached hydrogens (tertiary/aromatic N) is 2. The lowest BCUT2D eigenvalue weighted by molar-refractivity contribution is 0.0998. The molecule has 0 aliphatic carbocycles. The van der Waals surface area contributed by atoms with E-state index in [1.165, 1.54) is 11.1 Å². The fourth-order valence-corrected chi connectivity index (χ4v) is 5.73. The van der Waals surface area contributed by atoms with E-state index < -0.39 is 5.91 Å². The lowest BCUT2D eigenvalue weighted by atomic mass is 10.0. The van der Waals surface area contributed by atoms with Crippen LogP contribution >= 0.6 is 0 Å². The van der Waals surface area contributed by atoms with Gasteiger partial charge in [0.25, 0.3) is 0 Å². The third-order valence-corrected chi connectivity index (χ3v) is 7.92. The van der Waals surface area contributed by atoms with Crippen LogP contribution in [0.1, 0.15) is 56.8 Å². The van der Waals surface area contributed by atoms with E-state index in [1.54, 1.807) is 18.2 Å². The van der Waals surface area contributed by atoms with Crippen LogP contribution in [0.5, 0.6) is 0 Å². The third-order valence-electron chi connectivity index (χ3n) is 7.92. The number of allylic oxidation sites excluding steroid dienone is 1. The minimum atomic E-state index is -0.489. The van der Waals surface area contributed by atoms with E-state index in [1.807, 2.05) is 72.2 Å². The summed E-state index contributed by atoms with van der Waals surface area (Å²) >= 11 is 0. The second-order valence-corrected chi connectivity index (χ2v) is 11.3. The quantitative estimate of drug-likeness (QED) is 0.113. The molecule has 5 heteroatoms. The summed E-state index contributed by atoms with van der Waals surface area (Å²) in [5, 5.41) is 0. The van der Waals surface area contributed by atoms with Crippen LogP contribution in [0.25, 0.3) is 16.9 Å². The Morgan fingerprint density at radius 1 is 0.841 bits per heavy atom. The van der Waals surface area contributed by atoms with Crippen LogP contribution < -0.4 is 5.73 Å². The van der Waals surface area contributed by atoms with Gasteiger partial charge in [-0.1, -0.05) is 110 Å². The van der Waals surface area contributed by atoms with E-state index in [9.17, 15) is 9.59 Å². The molecule has 5 rings (SSSR count).